The van der Waals surface area contributed by atoms with Crippen molar-refractivity contribution < 1.29 is 9.90 Å². The van der Waals surface area contributed by atoms with E-state index in [0.29, 0.717) is 5.92 Å². The highest BCUT2D eigenvalue weighted by atomic mass is 16.3. The van der Waals surface area contributed by atoms with Crippen LogP contribution in [0.2, 0.25) is 0 Å². The Morgan fingerprint density at radius 1 is 1.41 bits per heavy atom. The zero-order valence-electron chi connectivity index (χ0n) is 11.5. The predicted octanol–water partition coefficient (Wildman–Crippen LogP) is 0.994. The van der Waals surface area contributed by atoms with E-state index in [1.165, 1.54) is 0 Å². The molecule has 1 heterocycles. The van der Waals surface area contributed by atoms with Gasteiger partial charge in [0.2, 0.25) is 5.91 Å². The number of hydrogen-bond donors (Lipinski definition) is 2. The van der Waals surface area contributed by atoms with Crippen molar-refractivity contribution in [3.05, 3.63) is 0 Å². The van der Waals surface area contributed by atoms with Crippen LogP contribution in [-0.2, 0) is 4.79 Å². The number of piperidine rings is 1. The first kappa shape index (κ1) is 14.5. The number of aliphatic hydroxyl groups excluding tert-OH is 1. The standard InChI is InChI=1S/C13H26N2O2/c1-10(12(17)14-13(2,3)4)15-7-5-11(9-16)6-8-15/h10-11,16H,5-9H2,1-4H3,(H,14,17). The van der Waals surface area contributed by atoms with Crippen molar-refractivity contribution in [3.8, 4) is 0 Å². The quantitative estimate of drug-likeness (QED) is 0.776. The molecule has 1 rings (SSSR count). The maximum absolute atomic E-state index is 12.0. The molecule has 1 aliphatic heterocycles. The summed E-state index contributed by atoms with van der Waals surface area (Å²) in [6, 6.07) is -0.0751. The molecular weight excluding hydrogens is 216 g/mol. The van der Waals surface area contributed by atoms with Crippen molar-refractivity contribution >= 4 is 5.91 Å². The van der Waals surface area contributed by atoms with Gasteiger partial charge in [0, 0.05) is 12.1 Å². The SMILES string of the molecule is CC(C(=O)NC(C)(C)C)N1CCC(CO)CC1. The zero-order chi connectivity index (χ0) is 13.1. The topological polar surface area (TPSA) is 52.6 Å². The Hall–Kier alpha value is -0.610. The van der Waals surface area contributed by atoms with Crippen LogP contribution in [0.15, 0.2) is 0 Å². The van der Waals surface area contributed by atoms with Crippen LogP contribution < -0.4 is 5.32 Å². The first-order chi connectivity index (χ1) is 7.83. The molecule has 0 aromatic rings. The first-order valence-electron chi connectivity index (χ1n) is 6.50. The van der Waals surface area contributed by atoms with Gasteiger partial charge in [0.25, 0.3) is 0 Å². The van der Waals surface area contributed by atoms with E-state index in [1.54, 1.807) is 0 Å². The van der Waals surface area contributed by atoms with Gasteiger partial charge in [0.15, 0.2) is 0 Å². The van der Waals surface area contributed by atoms with Crippen molar-refractivity contribution in [2.75, 3.05) is 19.7 Å². The molecule has 0 aromatic heterocycles. The summed E-state index contributed by atoms with van der Waals surface area (Å²) < 4.78 is 0. The summed E-state index contributed by atoms with van der Waals surface area (Å²) in [5.41, 5.74) is -0.172. The molecule has 1 atom stereocenters. The summed E-state index contributed by atoms with van der Waals surface area (Å²) in [7, 11) is 0. The van der Waals surface area contributed by atoms with Gasteiger partial charge in [-0.25, -0.2) is 0 Å². The van der Waals surface area contributed by atoms with Crippen LogP contribution in [-0.4, -0.2) is 47.2 Å². The summed E-state index contributed by atoms with van der Waals surface area (Å²) in [4.78, 5) is 14.2. The molecule has 1 saturated heterocycles. The molecule has 4 heteroatoms. The molecule has 4 nitrogen and oxygen atoms in total. The third-order valence-corrected chi connectivity index (χ3v) is 3.33. The van der Waals surface area contributed by atoms with Crippen LogP contribution in [0.4, 0.5) is 0 Å². The van der Waals surface area contributed by atoms with Crippen LogP contribution in [0.25, 0.3) is 0 Å². The fraction of sp³-hybridized carbons (Fsp3) is 0.923. The first-order valence-corrected chi connectivity index (χ1v) is 6.50. The van der Waals surface area contributed by atoms with Gasteiger partial charge in [0.05, 0.1) is 6.04 Å². The molecule has 0 aliphatic carbocycles. The lowest BCUT2D eigenvalue weighted by atomic mass is 9.96. The van der Waals surface area contributed by atoms with E-state index in [1.807, 2.05) is 27.7 Å². The molecule has 100 valence electrons. The lowest BCUT2D eigenvalue weighted by molar-refractivity contribution is -0.127. The van der Waals surface area contributed by atoms with Crippen LogP contribution >= 0.6 is 0 Å². The Morgan fingerprint density at radius 2 is 1.94 bits per heavy atom. The molecule has 1 amide bonds. The minimum absolute atomic E-state index is 0.0751. The number of carbonyl (C=O) groups is 1. The molecule has 1 fully saturated rings. The van der Waals surface area contributed by atoms with Gasteiger partial charge in [-0.05, 0) is 59.5 Å². The minimum atomic E-state index is -0.172. The zero-order valence-corrected chi connectivity index (χ0v) is 11.5. The second-order valence-corrected chi connectivity index (χ2v) is 6.08. The Morgan fingerprint density at radius 3 is 2.35 bits per heavy atom. The number of amides is 1. The second-order valence-electron chi connectivity index (χ2n) is 6.08. The number of carbonyl (C=O) groups excluding carboxylic acids is 1. The second kappa shape index (κ2) is 5.83. The maximum Gasteiger partial charge on any atom is 0.237 e. The Balaban J connectivity index is 2.43. The van der Waals surface area contributed by atoms with Gasteiger partial charge in [-0.3, -0.25) is 9.69 Å². The van der Waals surface area contributed by atoms with Crippen LogP contribution in [0, 0.1) is 5.92 Å². The van der Waals surface area contributed by atoms with Crippen LogP contribution in [0.5, 0.6) is 0 Å². The Labute approximate surface area is 104 Å². The number of rotatable bonds is 3. The van der Waals surface area contributed by atoms with Gasteiger partial charge >= 0.3 is 0 Å². The van der Waals surface area contributed by atoms with Crippen molar-refractivity contribution in [2.24, 2.45) is 5.92 Å². The Kier molecular flexibility index (Phi) is 4.95. The van der Waals surface area contributed by atoms with E-state index in [-0.39, 0.29) is 24.1 Å². The number of nitrogens with one attached hydrogen (secondary N) is 1. The van der Waals surface area contributed by atoms with Gasteiger partial charge in [-0.15, -0.1) is 0 Å². The average Bonchev–Trinajstić information content (AvgIpc) is 2.26. The molecule has 0 aromatic carbocycles. The third kappa shape index (κ3) is 4.64. The monoisotopic (exact) mass is 242 g/mol. The van der Waals surface area contributed by atoms with E-state index in [9.17, 15) is 4.79 Å². The molecule has 1 aliphatic rings. The van der Waals surface area contributed by atoms with Crippen molar-refractivity contribution in [2.45, 2.75) is 52.1 Å². The number of aliphatic hydroxyl groups is 1. The highest BCUT2D eigenvalue weighted by Gasteiger charge is 2.27. The molecule has 2 N–H and O–H groups in total. The van der Waals surface area contributed by atoms with E-state index < -0.39 is 0 Å². The number of nitrogens with zero attached hydrogens (tertiary/aromatic N) is 1. The van der Waals surface area contributed by atoms with Gasteiger partial charge in [-0.1, -0.05) is 0 Å². The molecule has 0 saturated carbocycles. The van der Waals surface area contributed by atoms with Crippen molar-refractivity contribution in [1.29, 1.82) is 0 Å². The average molecular weight is 242 g/mol. The maximum atomic E-state index is 12.0. The molecule has 1 unspecified atom stereocenters. The largest absolute Gasteiger partial charge is 0.396 e. The van der Waals surface area contributed by atoms with Gasteiger partial charge in [-0.2, -0.15) is 0 Å². The summed E-state index contributed by atoms with van der Waals surface area (Å²) in [5, 5.41) is 12.1. The highest BCUT2D eigenvalue weighted by Crippen LogP contribution is 2.18. The van der Waals surface area contributed by atoms with Gasteiger partial charge < -0.3 is 10.4 Å². The third-order valence-electron chi connectivity index (χ3n) is 3.33. The lowest BCUT2D eigenvalue weighted by Crippen LogP contribution is -2.52. The fourth-order valence-corrected chi connectivity index (χ4v) is 2.16. The fourth-order valence-electron chi connectivity index (χ4n) is 2.16. The van der Waals surface area contributed by atoms with Crippen LogP contribution in [0.1, 0.15) is 40.5 Å². The molecule has 0 spiro atoms. The van der Waals surface area contributed by atoms with E-state index in [0.717, 1.165) is 25.9 Å². The summed E-state index contributed by atoms with van der Waals surface area (Å²) in [6.45, 7) is 10.0. The number of likely N-dealkylation sites (tertiary alicyclic amines) is 1. The summed E-state index contributed by atoms with van der Waals surface area (Å²) in [6.07, 6.45) is 1.98. The smallest absolute Gasteiger partial charge is 0.237 e. The normalized spacial score (nSPS) is 21.2. The Bertz CT molecular complexity index is 253. The minimum Gasteiger partial charge on any atom is -0.396 e. The molecular formula is C13H26N2O2. The molecule has 17 heavy (non-hydrogen) atoms. The van der Waals surface area contributed by atoms with E-state index in [4.69, 9.17) is 5.11 Å². The number of hydrogen-bond acceptors (Lipinski definition) is 3. The van der Waals surface area contributed by atoms with Crippen LogP contribution in [0.3, 0.4) is 0 Å². The van der Waals surface area contributed by atoms with E-state index in [2.05, 4.69) is 10.2 Å². The molecule has 0 bridgehead atoms. The molecule has 0 radical (unpaired) electrons. The highest BCUT2D eigenvalue weighted by molar-refractivity contribution is 5.81. The summed E-state index contributed by atoms with van der Waals surface area (Å²) in [5.74, 6) is 0.518. The summed E-state index contributed by atoms with van der Waals surface area (Å²) >= 11 is 0. The predicted molar refractivity (Wildman–Crippen MR) is 68.7 cm³/mol. The van der Waals surface area contributed by atoms with Crippen molar-refractivity contribution in [1.82, 2.24) is 10.2 Å². The van der Waals surface area contributed by atoms with Crippen molar-refractivity contribution in [3.63, 3.8) is 0 Å². The van der Waals surface area contributed by atoms with Gasteiger partial charge in [0.1, 0.15) is 0 Å². The van der Waals surface area contributed by atoms with E-state index >= 15 is 0 Å². The lowest BCUT2D eigenvalue weighted by Gasteiger charge is -2.36.